The van der Waals surface area contributed by atoms with E-state index < -0.39 is 10.0 Å². The number of carbonyl (C=O) groups is 1. The number of anilines is 1. The van der Waals surface area contributed by atoms with Crippen LogP contribution in [0, 0.1) is 0 Å². The van der Waals surface area contributed by atoms with Crippen LogP contribution in [0.4, 0.5) is 5.69 Å². The van der Waals surface area contributed by atoms with E-state index in [1.807, 2.05) is 13.8 Å². The molecule has 9 nitrogen and oxygen atoms in total. The van der Waals surface area contributed by atoms with Crippen LogP contribution in [0.5, 0.6) is 17.2 Å². The van der Waals surface area contributed by atoms with Crippen LogP contribution < -0.4 is 18.9 Å². The van der Waals surface area contributed by atoms with Gasteiger partial charge < -0.3 is 23.8 Å². The predicted molar refractivity (Wildman–Crippen MR) is 119 cm³/mol. The Kier molecular flexibility index (Phi) is 7.47. The molecule has 1 aliphatic heterocycles. The molecule has 174 valence electrons. The first kappa shape index (κ1) is 23.7. The molecule has 2 aromatic carbocycles. The lowest BCUT2D eigenvalue weighted by Crippen LogP contribution is -2.44. The molecule has 1 fully saturated rings. The SMILES string of the molecule is CCOc1ccc(S(=O)(=O)Nc2cc(OC)c(OC)cc2C(=O)N2CCOC(C)C2)cc1. The smallest absolute Gasteiger partial charge is 0.261 e. The minimum Gasteiger partial charge on any atom is -0.494 e. The van der Waals surface area contributed by atoms with Crippen LogP contribution >= 0.6 is 0 Å². The molecule has 0 saturated carbocycles. The Morgan fingerprint density at radius 1 is 1.16 bits per heavy atom. The summed E-state index contributed by atoms with van der Waals surface area (Å²) in [4.78, 5) is 15.0. The molecule has 1 aliphatic rings. The molecule has 1 atom stereocenters. The van der Waals surface area contributed by atoms with Crippen LogP contribution in [0.2, 0.25) is 0 Å². The van der Waals surface area contributed by atoms with Gasteiger partial charge in [-0.05, 0) is 44.2 Å². The van der Waals surface area contributed by atoms with Crippen LogP contribution in [0.15, 0.2) is 41.3 Å². The minimum absolute atomic E-state index is 0.0362. The third-order valence-corrected chi connectivity index (χ3v) is 6.35. The molecular formula is C22H28N2O7S. The number of rotatable bonds is 8. The fourth-order valence-electron chi connectivity index (χ4n) is 3.40. The maximum atomic E-state index is 13.3. The second-order valence-corrected chi connectivity index (χ2v) is 8.88. The largest absolute Gasteiger partial charge is 0.494 e. The zero-order valence-corrected chi connectivity index (χ0v) is 19.4. The molecule has 0 bridgehead atoms. The lowest BCUT2D eigenvalue weighted by molar-refractivity contribution is -0.0123. The molecule has 3 rings (SSSR count). The van der Waals surface area contributed by atoms with Gasteiger partial charge in [-0.15, -0.1) is 0 Å². The van der Waals surface area contributed by atoms with Crippen molar-refractivity contribution < 1.29 is 32.2 Å². The van der Waals surface area contributed by atoms with Crippen molar-refractivity contribution in [3.63, 3.8) is 0 Å². The number of amides is 1. The number of sulfonamides is 1. The quantitative estimate of drug-likeness (QED) is 0.641. The first-order valence-corrected chi connectivity index (χ1v) is 11.7. The van der Waals surface area contributed by atoms with Crippen molar-refractivity contribution in [2.24, 2.45) is 0 Å². The van der Waals surface area contributed by atoms with E-state index in [1.165, 1.54) is 38.5 Å². The average molecular weight is 465 g/mol. The van der Waals surface area contributed by atoms with Crippen LogP contribution in [0.25, 0.3) is 0 Å². The lowest BCUT2D eigenvalue weighted by Gasteiger charge is -2.31. The number of methoxy groups -OCH3 is 2. The number of nitrogens with zero attached hydrogens (tertiary/aromatic N) is 1. The molecule has 1 unspecified atom stereocenters. The highest BCUT2D eigenvalue weighted by Crippen LogP contribution is 2.35. The van der Waals surface area contributed by atoms with Gasteiger partial charge in [0.25, 0.3) is 15.9 Å². The number of ether oxygens (including phenoxy) is 4. The van der Waals surface area contributed by atoms with Crippen LogP contribution in [-0.2, 0) is 14.8 Å². The lowest BCUT2D eigenvalue weighted by atomic mass is 10.1. The summed E-state index contributed by atoms with van der Waals surface area (Å²) < 4.78 is 50.2. The average Bonchev–Trinajstić information content (AvgIpc) is 2.78. The normalized spacial score (nSPS) is 16.4. The van der Waals surface area contributed by atoms with Gasteiger partial charge in [-0.3, -0.25) is 9.52 Å². The molecule has 0 aliphatic carbocycles. The Hall–Kier alpha value is -2.98. The summed E-state index contributed by atoms with van der Waals surface area (Å²) in [6.07, 6.45) is -0.114. The van der Waals surface area contributed by atoms with Gasteiger partial charge >= 0.3 is 0 Å². The van der Waals surface area contributed by atoms with Crippen molar-refractivity contribution in [3.8, 4) is 17.2 Å². The van der Waals surface area contributed by atoms with Gasteiger partial charge in [0, 0.05) is 19.2 Å². The molecule has 0 spiro atoms. The first-order valence-electron chi connectivity index (χ1n) is 10.2. The number of hydrogen-bond donors (Lipinski definition) is 1. The molecule has 32 heavy (non-hydrogen) atoms. The van der Waals surface area contributed by atoms with E-state index in [0.717, 1.165) is 0 Å². The van der Waals surface area contributed by atoms with Crippen molar-refractivity contribution in [1.29, 1.82) is 0 Å². The van der Waals surface area contributed by atoms with Crippen molar-refractivity contribution in [3.05, 3.63) is 42.0 Å². The second kappa shape index (κ2) is 10.1. The monoisotopic (exact) mass is 464 g/mol. The highest BCUT2D eigenvalue weighted by atomic mass is 32.2. The van der Waals surface area contributed by atoms with Crippen molar-refractivity contribution in [2.45, 2.75) is 24.8 Å². The summed E-state index contributed by atoms with van der Waals surface area (Å²) in [5.41, 5.74) is 0.256. The summed E-state index contributed by atoms with van der Waals surface area (Å²) in [6.45, 7) is 5.41. The van der Waals surface area contributed by atoms with Gasteiger partial charge in [0.15, 0.2) is 11.5 Å². The minimum atomic E-state index is -3.98. The van der Waals surface area contributed by atoms with Crippen LogP contribution in [0.1, 0.15) is 24.2 Å². The highest BCUT2D eigenvalue weighted by molar-refractivity contribution is 7.92. The van der Waals surface area contributed by atoms with Crippen LogP contribution in [-0.4, -0.2) is 65.9 Å². The molecule has 1 saturated heterocycles. The molecule has 1 N–H and O–H groups in total. The fourth-order valence-corrected chi connectivity index (χ4v) is 4.47. The Morgan fingerprint density at radius 3 is 2.41 bits per heavy atom. The number of carbonyl (C=O) groups excluding carboxylic acids is 1. The van der Waals surface area contributed by atoms with Crippen LogP contribution in [0.3, 0.4) is 0 Å². The van der Waals surface area contributed by atoms with E-state index in [9.17, 15) is 13.2 Å². The van der Waals surface area contributed by atoms with Gasteiger partial charge in [0.2, 0.25) is 0 Å². The van der Waals surface area contributed by atoms with E-state index in [-0.39, 0.29) is 28.2 Å². The number of nitrogens with one attached hydrogen (secondary N) is 1. The predicted octanol–water partition coefficient (Wildman–Crippen LogP) is 2.76. The maximum Gasteiger partial charge on any atom is 0.261 e. The molecular weight excluding hydrogens is 436 g/mol. The molecule has 1 amide bonds. The fraction of sp³-hybridized carbons (Fsp3) is 0.409. The van der Waals surface area contributed by atoms with E-state index >= 15 is 0 Å². The summed E-state index contributed by atoms with van der Waals surface area (Å²) in [7, 11) is -1.10. The van der Waals surface area contributed by atoms with E-state index in [1.54, 1.807) is 17.0 Å². The standard InChI is InChI=1S/C22H28N2O7S/c1-5-30-16-6-8-17(9-7-16)32(26,27)23-19-13-21(29-4)20(28-3)12-18(19)22(25)24-10-11-31-15(2)14-24/h6-9,12-13,15,23H,5,10-11,14H2,1-4H3. The third kappa shape index (κ3) is 5.25. The number of hydrogen-bond acceptors (Lipinski definition) is 7. The van der Waals surface area contributed by atoms with Crippen molar-refractivity contribution >= 4 is 21.6 Å². The number of benzene rings is 2. The van der Waals surface area contributed by atoms with Crippen molar-refractivity contribution in [1.82, 2.24) is 4.90 Å². The second-order valence-electron chi connectivity index (χ2n) is 7.20. The molecule has 2 aromatic rings. The Balaban J connectivity index is 1.99. The van der Waals surface area contributed by atoms with E-state index in [2.05, 4.69) is 4.72 Å². The molecule has 1 heterocycles. The first-order chi connectivity index (χ1) is 15.3. The van der Waals surface area contributed by atoms with Gasteiger partial charge in [-0.25, -0.2) is 8.42 Å². The maximum absolute atomic E-state index is 13.3. The zero-order chi connectivity index (χ0) is 23.3. The number of morpholine rings is 1. The molecule has 10 heteroatoms. The Labute approximate surface area is 188 Å². The topological polar surface area (TPSA) is 103 Å². The van der Waals surface area contributed by atoms with Crippen molar-refractivity contribution in [2.75, 3.05) is 45.2 Å². The van der Waals surface area contributed by atoms with Gasteiger partial charge in [0.05, 0.1) is 49.7 Å². The highest BCUT2D eigenvalue weighted by Gasteiger charge is 2.28. The summed E-state index contributed by atoms with van der Waals surface area (Å²) >= 11 is 0. The van der Waals surface area contributed by atoms with E-state index in [4.69, 9.17) is 18.9 Å². The van der Waals surface area contributed by atoms with Gasteiger partial charge in [-0.1, -0.05) is 0 Å². The van der Waals surface area contributed by atoms with E-state index in [0.29, 0.717) is 43.6 Å². The third-order valence-electron chi connectivity index (χ3n) is 4.97. The summed E-state index contributed by atoms with van der Waals surface area (Å²) in [5, 5.41) is 0. The Bertz CT molecular complexity index is 1050. The molecule has 0 radical (unpaired) electrons. The summed E-state index contributed by atoms with van der Waals surface area (Å²) in [6, 6.07) is 8.97. The zero-order valence-electron chi connectivity index (χ0n) is 18.6. The van der Waals surface area contributed by atoms with Gasteiger partial charge in [-0.2, -0.15) is 0 Å². The molecule has 0 aromatic heterocycles. The Morgan fingerprint density at radius 2 is 1.81 bits per heavy atom. The van der Waals surface area contributed by atoms with Gasteiger partial charge in [0.1, 0.15) is 5.75 Å². The summed E-state index contributed by atoms with van der Waals surface area (Å²) in [5.74, 6) is 0.852.